The summed E-state index contributed by atoms with van der Waals surface area (Å²) in [4.78, 5) is 4.61. The summed E-state index contributed by atoms with van der Waals surface area (Å²) in [6.07, 6.45) is 0. The molecule has 0 bridgehead atoms. The predicted octanol–water partition coefficient (Wildman–Crippen LogP) is 6.01. The molecule has 29 heavy (non-hydrogen) atoms. The number of aromatic nitrogens is 1. The van der Waals surface area contributed by atoms with Gasteiger partial charge >= 0.3 is 0 Å². The second-order valence-corrected chi connectivity index (χ2v) is 9.84. The minimum atomic E-state index is -3.71. The molecule has 0 spiro atoms. The third-order valence-corrected chi connectivity index (χ3v) is 6.89. The Balaban J connectivity index is 1.57. The summed E-state index contributed by atoms with van der Waals surface area (Å²) in [5.41, 5.74) is 3.49. The second-order valence-electron chi connectivity index (χ2n) is 6.68. The number of anilines is 1. The maximum atomic E-state index is 13.3. The average Bonchev–Trinajstić information content (AvgIpc) is 3.03. The van der Waals surface area contributed by atoms with E-state index in [1.165, 1.54) is 29.5 Å². The van der Waals surface area contributed by atoms with Gasteiger partial charge in [-0.1, -0.05) is 29.8 Å². The Morgan fingerprint density at radius 1 is 1.10 bits per heavy atom. The number of nitrogens with one attached hydrogen (secondary N) is 1. The van der Waals surface area contributed by atoms with Crippen molar-refractivity contribution in [2.75, 3.05) is 4.72 Å². The number of thiazole rings is 1. The van der Waals surface area contributed by atoms with Crippen molar-refractivity contribution in [3.8, 4) is 10.6 Å². The molecule has 148 valence electrons. The van der Waals surface area contributed by atoms with Gasteiger partial charge in [0.25, 0.3) is 0 Å². The number of hydrogen-bond acceptors (Lipinski definition) is 4. The molecular weight excluding hydrogens is 431 g/mol. The fraction of sp³-hybridized carbons (Fsp3) is 0.0952. The maximum absolute atomic E-state index is 13.3. The van der Waals surface area contributed by atoms with Crippen molar-refractivity contribution in [2.24, 2.45) is 0 Å². The molecule has 0 aliphatic carbocycles. The number of aryl methyl sites for hydroxylation is 1. The highest BCUT2D eigenvalue weighted by Crippen LogP contribution is 2.36. The first kappa shape index (κ1) is 19.8. The summed E-state index contributed by atoms with van der Waals surface area (Å²) < 4.78 is 41.7. The Morgan fingerprint density at radius 3 is 2.69 bits per heavy atom. The van der Waals surface area contributed by atoms with E-state index in [1.807, 2.05) is 19.1 Å². The monoisotopic (exact) mass is 446 g/mol. The number of fused-ring (bicyclic) bond motifs is 1. The van der Waals surface area contributed by atoms with Crippen LogP contribution in [-0.4, -0.2) is 13.4 Å². The van der Waals surface area contributed by atoms with Gasteiger partial charge in [-0.25, -0.2) is 17.8 Å². The zero-order chi connectivity index (χ0) is 20.6. The fourth-order valence-electron chi connectivity index (χ4n) is 2.96. The molecule has 0 saturated heterocycles. The lowest BCUT2D eigenvalue weighted by molar-refractivity contribution is 0.599. The van der Waals surface area contributed by atoms with Crippen LogP contribution in [0.25, 0.3) is 20.8 Å². The highest BCUT2D eigenvalue weighted by Gasteiger charge is 2.15. The molecule has 0 unspecified atom stereocenters. The molecule has 1 heterocycles. The van der Waals surface area contributed by atoms with Crippen LogP contribution in [0.15, 0.2) is 60.7 Å². The topological polar surface area (TPSA) is 59.1 Å². The third kappa shape index (κ3) is 4.58. The van der Waals surface area contributed by atoms with Gasteiger partial charge in [0.15, 0.2) is 0 Å². The summed E-state index contributed by atoms with van der Waals surface area (Å²) >= 11 is 7.95. The quantitative estimate of drug-likeness (QED) is 0.408. The van der Waals surface area contributed by atoms with Crippen molar-refractivity contribution < 1.29 is 12.8 Å². The van der Waals surface area contributed by atoms with Crippen LogP contribution in [0.3, 0.4) is 0 Å². The van der Waals surface area contributed by atoms with E-state index >= 15 is 0 Å². The first-order chi connectivity index (χ1) is 13.8. The SMILES string of the molecule is Cc1ccc2nc(-c3ccc(NS(=O)(=O)Cc4cccc(F)c4)cc3Cl)sc2c1. The minimum absolute atomic E-state index is 0.332. The lowest BCUT2D eigenvalue weighted by atomic mass is 10.2. The molecule has 0 aliphatic heterocycles. The normalized spacial score (nSPS) is 11.7. The summed E-state index contributed by atoms with van der Waals surface area (Å²) in [7, 11) is -3.71. The molecule has 0 atom stereocenters. The Bertz CT molecular complexity index is 1320. The molecule has 0 aliphatic rings. The number of benzene rings is 3. The standard InChI is InChI=1S/C21H16ClFN2O2S2/c1-13-5-8-19-20(9-13)28-21(24-19)17-7-6-16(11-18(17)22)25-29(26,27)12-14-3-2-4-15(23)10-14/h2-11,25H,12H2,1H3. The molecule has 4 rings (SSSR count). The molecule has 1 aromatic heterocycles. The molecule has 0 radical (unpaired) electrons. The van der Waals surface area contributed by atoms with Gasteiger partial charge < -0.3 is 0 Å². The lowest BCUT2D eigenvalue weighted by Crippen LogP contribution is -2.15. The molecule has 1 N–H and O–H groups in total. The molecule has 0 saturated carbocycles. The Labute approximate surface area is 177 Å². The van der Waals surface area contributed by atoms with Gasteiger partial charge in [-0.3, -0.25) is 4.72 Å². The van der Waals surface area contributed by atoms with Crippen LogP contribution in [0.1, 0.15) is 11.1 Å². The Hall–Kier alpha value is -2.48. The van der Waals surface area contributed by atoms with E-state index in [0.717, 1.165) is 26.4 Å². The summed E-state index contributed by atoms with van der Waals surface area (Å²) in [5, 5.41) is 1.16. The number of sulfonamides is 1. The van der Waals surface area contributed by atoms with Crippen LogP contribution in [0, 0.1) is 12.7 Å². The maximum Gasteiger partial charge on any atom is 0.236 e. The highest BCUT2D eigenvalue weighted by molar-refractivity contribution is 7.91. The lowest BCUT2D eigenvalue weighted by Gasteiger charge is -2.10. The van der Waals surface area contributed by atoms with E-state index < -0.39 is 15.8 Å². The number of halogens is 2. The molecule has 4 aromatic rings. The average molecular weight is 447 g/mol. The number of rotatable bonds is 5. The van der Waals surface area contributed by atoms with Crippen LogP contribution in [-0.2, 0) is 15.8 Å². The molecule has 0 amide bonds. The van der Waals surface area contributed by atoms with E-state index in [-0.39, 0.29) is 5.75 Å². The first-order valence-electron chi connectivity index (χ1n) is 8.71. The molecule has 8 heteroatoms. The fourth-order valence-corrected chi connectivity index (χ4v) is 5.57. The minimum Gasteiger partial charge on any atom is -0.283 e. The number of nitrogens with zero attached hydrogens (tertiary/aromatic N) is 1. The van der Waals surface area contributed by atoms with E-state index in [1.54, 1.807) is 24.3 Å². The van der Waals surface area contributed by atoms with Crippen LogP contribution < -0.4 is 4.72 Å². The van der Waals surface area contributed by atoms with Crippen molar-refractivity contribution in [3.05, 3.63) is 82.6 Å². The van der Waals surface area contributed by atoms with Gasteiger partial charge in [-0.2, -0.15) is 0 Å². The predicted molar refractivity (Wildman–Crippen MR) is 117 cm³/mol. The van der Waals surface area contributed by atoms with E-state index in [2.05, 4.69) is 15.8 Å². The van der Waals surface area contributed by atoms with Crippen molar-refractivity contribution in [1.29, 1.82) is 0 Å². The number of hydrogen-bond donors (Lipinski definition) is 1. The van der Waals surface area contributed by atoms with Gasteiger partial charge in [-0.15, -0.1) is 11.3 Å². The van der Waals surface area contributed by atoms with Gasteiger partial charge in [0.05, 0.1) is 26.7 Å². The highest BCUT2D eigenvalue weighted by atomic mass is 35.5. The van der Waals surface area contributed by atoms with Gasteiger partial charge in [0.2, 0.25) is 10.0 Å². The smallest absolute Gasteiger partial charge is 0.236 e. The van der Waals surface area contributed by atoms with Crippen molar-refractivity contribution in [3.63, 3.8) is 0 Å². The van der Waals surface area contributed by atoms with Crippen molar-refractivity contribution >= 4 is 48.9 Å². The Morgan fingerprint density at radius 2 is 1.93 bits per heavy atom. The molecule has 4 nitrogen and oxygen atoms in total. The molecular formula is C21H16ClFN2O2S2. The molecule has 3 aromatic carbocycles. The van der Waals surface area contributed by atoms with Crippen molar-refractivity contribution in [1.82, 2.24) is 4.98 Å². The van der Waals surface area contributed by atoms with Crippen molar-refractivity contribution in [2.45, 2.75) is 12.7 Å². The van der Waals surface area contributed by atoms with Crippen LogP contribution in [0.2, 0.25) is 5.02 Å². The van der Waals surface area contributed by atoms with Gasteiger partial charge in [0, 0.05) is 5.56 Å². The summed E-state index contributed by atoms with van der Waals surface area (Å²) in [5.74, 6) is -0.808. The van der Waals surface area contributed by atoms with Crippen LogP contribution in [0.4, 0.5) is 10.1 Å². The summed E-state index contributed by atoms with van der Waals surface area (Å²) in [6.45, 7) is 2.02. The first-order valence-corrected chi connectivity index (χ1v) is 11.6. The van der Waals surface area contributed by atoms with Gasteiger partial charge in [0.1, 0.15) is 10.8 Å². The second kappa shape index (κ2) is 7.74. The molecule has 0 fully saturated rings. The zero-order valence-electron chi connectivity index (χ0n) is 15.3. The summed E-state index contributed by atoms with van der Waals surface area (Å²) in [6, 6.07) is 16.5. The van der Waals surface area contributed by atoms with Gasteiger partial charge in [-0.05, 0) is 60.5 Å². The van der Waals surface area contributed by atoms with Crippen LogP contribution in [0.5, 0.6) is 0 Å². The van der Waals surface area contributed by atoms with E-state index in [0.29, 0.717) is 16.3 Å². The Kier molecular flexibility index (Phi) is 5.29. The third-order valence-electron chi connectivity index (χ3n) is 4.26. The van der Waals surface area contributed by atoms with E-state index in [4.69, 9.17) is 11.6 Å². The largest absolute Gasteiger partial charge is 0.283 e. The zero-order valence-corrected chi connectivity index (χ0v) is 17.7. The van der Waals surface area contributed by atoms with E-state index in [9.17, 15) is 12.8 Å². The van der Waals surface area contributed by atoms with Crippen LogP contribution >= 0.6 is 22.9 Å².